The third kappa shape index (κ3) is 3.98. The molecule has 1 heterocycles. The Labute approximate surface area is 95.7 Å². The van der Waals surface area contributed by atoms with Gasteiger partial charge in [0, 0.05) is 31.1 Å². The molecule has 0 saturated heterocycles. The standard InChI is InChI=1S/C12H18N2O2/c1-2-10(5-8-15)9-14-12(16)11-3-6-13-7-4-11/h3-4,6-7,10,15H,2,5,8-9H2,1H3,(H,14,16). The smallest absolute Gasteiger partial charge is 0.251 e. The Kier molecular flexibility index (Phi) is 5.50. The first-order chi connectivity index (χ1) is 7.77. The Morgan fingerprint density at radius 1 is 1.50 bits per heavy atom. The van der Waals surface area contributed by atoms with Crippen LogP contribution >= 0.6 is 0 Å². The number of amides is 1. The van der Waals surface area contributed by atoms with E-state index in [4.69, 9.17) is 5.11 Å². The Hall–Kier alpha value is -1.42. The zero-order valence-corrected chi connectivity index (χ0v) is 9.52. The fraction of sp³-hybridized carbons (Fsp3) is 0.500. The summed E-state index contributed by atoms with van der Waals surface area (Å²) in [5, 5.41) is 11.7. The highest BCUT2D eigenvalue weighted by Crippen LogP contribution is 2.06. The van der Waals surface area contributed by atoms with Crippen LogP contribution in [-0.4, -0.2) is 29.1 Å². The maximum atomic E-state index is 11.7. The van der Waals surface area contributed by atoms with E-state index < -0.39 is 0 Å². The summed E-state index contributed by atoms with van der Waals surface area (Å²) in [6.45, 7) is 2.83. The van der Waals surface area contributed by atoms with E-state index in [1.165, 1.54) is 0 Å². The van der Waals surface area contributed by atoms with Gasteiger partial charge in [-0.15, -0.1) is 0 Å². The lowest BCUT2D eigenvalue weighted by Crippen LogP contribution is -2.29. The number of aliphatic hydroxyl groups is 1. The van der Waals surface area contributed by atoms with Gasteiger partial charge in [-0.25, -0.2) is 0 Å². The molecule has 1 aromatic rings. The van der Waals surface area contributed by atoms with Crippen LogP contribution in [0.5, 0.6) is 0 Å². The van der Waals surface area contributed by atoms with Crippen LogP contribution in [0, 0.1) is 5.92 Å². The number of pyridine rings is 1. The second-order valence-corrected chi connectivity index (χ2v) is 3.73. The average molecular weight is 222 g/mol. The molecule has 0 radical (unpaired) electrons. The molecule has 0 aromatic carbocycles. The Morgan fingerprint density at radius 2 is 2.19 bits per heavy atom. The molecule has 4 heteroatoms. The SMILES string of the molecule is CCC(CCO)CNC(=O)c1ccncc1. The van der Waals surface area contributed by atoms with E-state index in [-0.39, 0.29) is 12.5 Å². The van der Waals surface area contributed by atoms with E-state index in [1.807, 2.05) is 0 Å². The minimum atomic E-state index is -0.0845. The van der Waals surface area contributed by atoms with E-state index in [9.17, 15) is 4.79 Å². The lowest BCUT2D eigenvalue weighted by molar-refractivity contribution is 0.0943. The summed E-state index contributed by atoms with van der Waals surface area (Å²) < 4.78 is 0. The zero-order chi connectivity index (χ0) is 11.8. The summed E-state index contributed by atoms with van der Waals surface area (Å²) in [4.78, 5) is 15.5. The fourth-order valence-corrected chi connectivity index (χ4v) is 1.48. The van der Waals surface area contributed by atoms with Crippen molar-refractivity contribution in [3.63, 3.8) is 0 Å². The maximum Gasteiger partial charge on any atom is 0.251 e. The van der Waals surface area contributed by atoms with Gasteiger partial charge in [-0.05, 0) is 24.5 Å². The highest BCUT2D eigenvalue weighted by atomic mass is 16.3. The lowest BCUT2D eigenvalue weighted by Gasteiger charge is -2.14. The molecule has 0 bridgehead atoms. The number of nitrogens with one attached hydrogen (secondary N) is 1. The lowest BCUT2D eigenvalue weighted by atomic mass is 10.0. The van der Waals surface area contributed by atoms with Gasteiger partial charge in [-0.3, -0.25) is 9.78 Å². The summed E-state index contributed by atoms with van der Waals surface area (Å²) in [6, 6.07) is 3.37. The molecule has 1 atom stereocenters. The molecule has 0 spiro atoms. The highest BCUT2D eigenvalue weighted by Gasteiger charge is 2.09. The molecule has 0 aliphatic rings. The molecule has 16 heavy (non-hydrogen) atoms. The molecule has 1 amide bonds. The molecule has 1 rings (SSSR count). The number of hydrogen-bond acceptors (Lipinski definition) is 3. The van der Waals surface area contributed by atoms with Crippen LogP contribution in [0.15, 0.2) is 24.5 Å². The topological polar surface area (TPSA) is 62.2 Å². The number of hydrogen-bond donors (Lipinski definition) is 2. The van der Waals surface area contributed by atoms with Crippen LogP contribution in [-0.2, 0) is 0 Å². The average Bonchev–Trinajstić information content (AvgIpc) is 2.35. The summed E-state index contributed by atoms with van der Waals surface area (Å²) in [6.07, 6.45) is 4.88. The van der Waals surface area contributed by atoms with Gasteiger partial charge in [0.2, 0.25) is 0 Å². The largest absolute Gasteiger partial charge is 0.396 e. The van der Waals surface area contributed by atoms with Crippen molar-refractivity contribution in [3.05, 3.63) is 30.1 Å². The van der Waals surface area contributed by atoms with E-state index >= 15 is 0 Å². The normalized spacial score (nSPS) is 12.1. The van der Waals surface area contributed by atoms with Gasteiger partial charge in [-0.2, -0.15) is 0 Å². The van der Waals surface area contributed by atoms with Gasteiger partial charge in [0.25, 0.3) is 5.91 Å². The van der Waals surface area contributed by atoms with Crippen molar-refractivity contribution in [2.24, 2.45) is 5.92 Å². The number of carbonyl (C=O) groups excluding carboxylic acids is 1. The van der Waals surface area contributed by atoms with Crippen molar-refractivity contribution >= 4 is 5.91 Å². The predicted molar refractivity (Wildman–Crippen MR) is 62.1 cm³/mol. The van der Waals surface area contributed by atoms with Gasteiger partial charge in [0.15, 0.2) is 0 Å². The monoisotopic (exact) mass is 222 g/mol. The van der Waals surface area contributed by atoms with Crippen molar-refractivity contribution in [1.29, 1.82) is 0 Å². The van der Waals surface area contributed by atoms with Gasteiger partial charge in [0.05, 0.1) is 0 Å². The van der Waals surface area contributed by atoms with E-state index in [2.05, 4.69) is 17.2 Å². The van der Waals surface area contributed by atoms with Gasteiger partial charge < -0.3 is 10.4 Å². The molecule has 0 aliphatic heterocycles. The van der Waals surface area contributed by atoms with E-state index in [1.54, 1.807) is 24.5 Å². The van der Waals surface area contributed by atoms with Crippen molar-refractivity contribution in [3.8, 4) is 0 Å². The Balaban J connectivity index is 2.40. The van der Waals surface area contributed by atoms with Crippen molar-refractivity contribution in [1.82, 2.24) is 10.3 Å². The first kappa shape index (κ1) is 12.6. The molecule has 0 saturated carbocycles. The molecular weight excluding hydrogens is 204 g/mol. The predicted octanol–water partition coefficient (Wildman–Crippen LogP) is 1.22. The van der Waals surface area contributed by atoms with Crippen molar-refractivity contribution in [2.75, 3.05) is 13.2 Å². The highest BCUT2D eigenvalue weighted by molar-refractivity contribution is 5.93. The number of rotatable bonds is 6. The summed E-state index contributed by atoms with van der Waals surface area (Å²) >= 11 is 0. The van der Waals surface area contributed by atoms with Crippen LogP contribution in [0.4, 0.5) is 0 Å². The number of aromatic nitrogens is 1. The van der Waals surface area contributed by atoms with E-state index in [0.29, 0.717) is 18.0 Å². The summed E-state index contributed by atoms with van der Waals surface area (Å²) in [5.74, 6) is 0.259. The van der Waals surface area contributed by atoms with Crippen LogP contribution in [0.25, 0.3) is 0 Å². The third-order valence-electron chi connectivity index (χ3n) is 2.61. The Bertz CT molecular complexity index is 314. The maximum absolute atomic E-state index is 11.7. The number of carbonyl (C=O) groups is 1. The molecule has 0 aliphatic carbocycles. The quantitative estimate of drug-likeness (QED) is 0.760. The van der Waals surface area contributed by atoms with Crippen LogP contribution in [0.3, 0.4) is 0 Å². The second kappa shape index (κ2) is 6.95. The third-order valence-corrected chi connectivity index (χ3v) is 2.61. The molecular formula is C12H18N2O2. The van der Waals surface area contributed by atoms with Crippen molar-refractivity contribution in [2.45, 2.75) is 19.8 Å². The fourth-order valence-electron chi connectivity index (χ4n) is 1.48. The number of nitrogens with zero attached hydrogens (tertiary/aromatic N) is 1. The molecule has 2 N–H and O–H groups in total. The number of aliphatic hydroxyl groups excluding tert-OH is 1. The first-order valence-corrected chi connectivity index (χ1v) is 5.57. The van der Waals surface area contributed by atoms with Crippen LogP contribution in [0.1, 0.15) is 30.1 Å². The van der Waals surface area contributed by atoms with Crippen molar-refractivity contribution < 1.29 is 9.90 Å². The molecule has 1 aromatic heterocycles. The molecule has 0 fully saturated rings. The minimum Gasteiger partial charge on any atom is -0.396 e. The summed E-state index contributed by atoms with van der Waals surface area (Å²) in [7, 11) is 0. The summed E-state index contributed by atoms with van der Waals surface area (Å²) in [5.41, 5.74) is 0.619. The molecule has 4 nitrogen and oxygen atoms in total. The second-order valence-electron chi connectivity index (χ2n) is 3.73. The molecule has 88 valence electrons. The zero-order valence-electron chi connectivity index (χ0n) is 9.52. The molecule has 1 unspecified atom stereocenters. The minimum absolute atomic E-state index is 0.0845. The van der Waals surface area contributed by atoms with Gasteiger partial charge >= 0.3 is 0 Å². The van der Waals surface area contributed by atoms with E-state index in [0.717, 1.165) is 12.8 Å². The van der Waals surface area contributed by atoms with Gasteiger partial charge in [0.1, 0.15) is 0 Å². The van der Waals surface area contributed by atoms with Gasteiger partial charge in [-0.1, -0.05) is 13.3 Å². The Morgan fingerprint density at radius 3 is 2.75 bits per heavy atom. The van der Waals surface area contributed by atoms with Crippen LogP contribution < -0.4 is 5.32 Å². The van der Waals surface area contributed by atoms with Crippen LogP contribution in [0.2, 0.25) is 0 Å². The first-order valence-electron chi connectivity index (χ1n) is 5.57.